The van der Waals surface area contributed by atoms with E-state index < -0.39 is 6.10 Å². The van der Waals surface area contributed by atoms with Gasteiger partial charge in [-0.15, -0.1) is 0 Å². The first-order chi connectivity index (χ1) is 12.2. The molecular weight excluding hydrogens is 316 g/mol. The number of amides is 1. The Morgan fingerprint density at radius 1 is 1.04 bits per heavy atom. The highest BCUT2D eigenvalue weighted by molar-refractivity contribution is 5.81. The van der Waals surface area contributed by atoms with Crippen LogP contribution in [-0.2, 0) is 4.79 Å². The molecule has 0 unspecified atom stereocenters. The van der Waals surface area contributed by atoms with Crippen LogP contribution >= 0.6 is 0 Å². The number of benzene rings is 1. The molecule has 1 aliphatic heterocycles. The molecule has 1 aliphatic carbocycles. The molecule has 1 atom stereocenters. The van der Waals surface area contributed by atoms with Gasteiger partial charge in [0.1, 0.15) is 0 Å². The van der Waals surface area contributed by atoms with Crippen molar-refractivity contribution in [1.82, 2.24) is 9.80 Å². The van der Waals surface area contributed by atoms with Gasteiger partial charge in [-0.2, -0.15) is 0 Å². The number of hydrogen-bond donors (Lipinski definition) is 0. The summed E-state index contributed by atoms with van der Waals surface area (Å²) in [6.45, 7) is 5.39. The van der Waals surface area contributed by atoms with Gasteiger partial charge in [0.2, 0.25) is 0 Å². The standard InChI is InChI=1S/C20H30N2O3/c1-16(25-19-11-7-6-10-18(19)24-2)20(23)22-14-12-21(13-15-22)17-8-4-3-5-9-17/h6-7,10-11,16-17H,3-5,8-9,12-15H2,1-2H3/t16-/m1/s1. The van der Waals surface area contributed by atoms with Crippen LogP contribution in [0.4, 0.5) is 0 Å². The topological polar surface area (TPSA) is 42.0 Å². The average molecular weight is 346 g/mol. The summed E-state index contributed by atoms with van der Waals surface area (Å²) < 4.78 is 11.2. The number of nitrogens with zero attached hydrogens (tertiary/aromatic N) is 2. The van der Waals surface area contributed by atoms with Gasteiger partial charge >= 0.3 is 0 Å². The van der Waals surface area contributed by atoms with E-state index in [0.717, 1.165) is 32.2 Å². The van der Waals surface area contributed by atoms with Crippen molar-refractivity contribution in [3.63, 3.8) is 0 Å². The lowest BCUT2D eigenvalue weighted by Crippen LogP contribution is -2.54. The number of carbonyl (C=O) groups is 1. The van der Waals surface area contributed by atoms with E-state index in [1.54, 1.807) is 7.11 Å². The van der Waals surface area contributed by atoms with E-state index in [0.29, 0.717) is 11.5 Å². The molecule has 2 fully saturated rings. The molecule has 138 valence electrons. The highest BCUT2D eigenvalue weighted by Gasteiger charge is 2.29. The summed E-state index contributed by atoms with van der Waals surface area (Å²) in [6, 6.07) is 8.19. The van der Waals surface area contributed by atoms with Crippen molar-refractivity contribution in [3.8, 4) is 11.5 Å². The van der Waals surface area contributed by atoms with Gasteiger partial charge < -0.3 is 14.4 Å². The van der Waals surface area contributed by atoms with Crippen molar-refractivity contribution in [1.29, 1.82) is 0 Å². The lowest BCUT2D eigenvalue weighted by atomic mass is 9.94. The number of hydrogen-bond acceptors (Lipinski definition) is 4. The van der Waals surface area contributed by atoms with Gasteiger partial charge in [0.15, 0.2) is 17.6 Å². The Bertz CT molecular complexity index is 564. The molecule has 0 bridgehead atoms. The number of carbonyl (C=O) groups excluding carboxylic acids is 1. The molecular formula is C20H30N2O3. The Morgan fingerprint density at radius 2 is 1.68 bits per heavy atom. The Balaban J connectivity index is 1.51. The van der Waals surface area contributed by atoms with Crippen LogP contribution in [0.5, 0.6) is 11.5 Å². The van der Waals surface area contributed by atoms with Crippen molar-refractivity contribution in [2.75, 3.05) is 33.3 Å². The fourth-order valence-electron chi connectivity index (χ4n) is 3.97. The molecule has 0 N–H and O–H groups in total. The maximum Gasteiger partial charge on any atom is 0.263 e. The predicted octanol–water partition coefficient (Wildman–Crippen LogP) is 2.94. The first kappa shape index (κ1) is 18.1. The Hall–Kier alpha value is -1.75. The van der Waals surface area contributed by atoms with Gasteiger partial charge in [-0.05, 0) is 31.9 Å². The van der Waals surface area contributed by atoms with Gasteiger partial charge in [0.25, 0.3) is 5.91 Å². The quantitative estimate of drug-likeness (QED) is 0.822. The van der Waals surface area contributed by atoms with E-state index >= 15 is 0 Å². The number of methoxy groups -OCH3 is 1. The number of rotatable bonds is 5. The molecule has 5 heteroatoms. The van der Waals surface area contributed by atoms with Crippen molar-refractivity contribution in [2.24, 2.45) is 0 Å². The van der Waals surface area contributed by atoms with Crippen LogP contribution in [0, 0.1) is 0 Å². The van der Waals surface area contributed by atoms with Crippen molar-refractivity contribution < 1.29 is 14.3 Å². The maximum atomic E-state index is 12.7. The van der Waals surface area contributed by atoms with Gasteiger partial charge in [0.05, 0.1) is 7.11 Å². The smallest absolute Gasteiger partial charge is 0.263 e. The van der Waals surface area contributed by atoms with E-state index in [2.05, 4.69) is 4.90 Å². The van der Waals surface area contributed by atoms with Crippen LogP contribution in [0.3, 0.4) is 0 Å². The normalized spacial score (nSPS) is 21.0. The molecule has 0 radical (unpaired) electrons. The zero-order valence-corrected chi connectivity index (χ0v) is 15.4. The van der Waals surface area contributed by atoms with Crippen molar-refractivity contribution in [2.45, 2.75) is 51.2 Å². The molecule has 2 aliphatic rings. The lowest BCUT2D eigenvalue weighted by Gasteiger charge is -2.41. The van der Waals surface area contributed by atoms with Crippen molar-refractivity contribution in [3.05, 3.63) is 24.3 Å². The number of para-hydroxylation sites is 2. The third kappa shape index (κ3) is 4.46. The molecule has 1 aromatic rings. The minimum atomic E-state index is -0.502. The zero-order valence-electron chi connectivity index (χ0n) is 15.4. The largest absolute Gasteiger partial charge is 0.493 e. The van der Waals surface area contributed by atoms with Crippen LogP contribution in [0.15, 0.2) is 24.3 Å². The highest BCUT2D eigenvalue weighted by atomic mass is 16.5. The van der Waals surface area contributed by atoms with E-state index in [1.165, 1.54) is 32.1 Å². The average Bonchev–Trinajstić information content (AvgIpc) is 2.68. The maximum absolute atomic E-state index is 12.7. The van der Waals surface area contributed by atoms with Crippen LogP contribution in [0.25, 0.3) is 0 Å². The molecule has 1 amide bonds. The van der Waals surface area contributed by atoms with E-state index in [-0.39, 0.29) is 5.91 Å². The lowest BCUT2D eigenvalue weighted by molar-refractivity contribution is -0.140. The Labute approximate surface area is 150 Å². The number of piperazine rings is 1. The molecule has 0 aromatic heterocycles. The summed E-state index contributed by atoms with van der Waals surface area (Å²) >= 11 is 0. The van der Waals surface area contributed by atoms with E-state index in [1.807, 2.05) is 36.1 Å². The monoisotopic (exact) mass is 346 g/mol. The van der Waals surface area contributed by atoms with Gasteiger partial charge in [0, 0.05) is 32.2 Å². The van der Waals surface area contributed by atoms with Crippen LogP contribution in [0.1, 0.15) is 39.0 Å². The van der Waals surface area contributed by atoms with Crippen LogP contribution in [0.2, 0.25) is 0 Å². The second-order valence-corrected chi connectivity index (χ2v) is 7.06. The minimum Gasteiger partial charge on any atom is -0.493 e. The highest BCUT2D eigenvalue weighted by Crippen LogP contribution is 2.27. The second kappa shape index (κ2) is 8.56. The predicted molar refractivity (Wildman–Crippen MR) is 98.1 cm³/mol. The summed E-state index contributed by atoms with van der Waals surface area (Å²) in [6.07, 6.45) is 6.23. The summed E-state index contributed by atoms with van der Waals surface area (Å²) in [5.41, 5.74) is 0. The van der Waals surface area contributed by atoms with Gasteiger partial charge in [-0.3, -0.25) is 9.69 Å². The van der Waals surface area contributed by atoms with Gasteiger partial charge in [-0.25, -0.2) is 0 Å². The molecule has 1 heterocycles. The van der Waals surface area contributed by atoms with Gasteiger partial charge in [-0.1, -0.05) is 31.4 Å². The zero-order chi connectivity index (χ0) is 17.6. The Kier molecular flexibility index (Phi) is 6.19. The molecule has 3 rings (SSSR count). The fraction of sp³-hybridized carbons (Fsp3) is 0.650. The summed E-state index contributed by atoms with van der Waals surface area (Å²) in [5, 5.41) is 0. The third-order valence-electron chi connectivity index (χ3n) is 5.44. The minimum absolute atomic E-state index is 0.0641. The van der Waals surface area contributed by atoms with E-state index in [4.69, 9.17) is 9.47 Å². The molecule has 1 saturated heterocycles. The van der Waals surface area contributed by atoms with Crippen LogP contribution < -0.4 is 9.47 Å². The molecule has 0 spiro atoms. The second-order valence-electron chi connectivity index (χ2n) is 7.06. The summed E-state index contributed by atoms with van der Waals surface area (Å²) in [4.78, 5) is 17.2. The molecule has 1 saturated carbocycles. The molecule has 1 aromatic carbocycles. The first-order valence-electron chi connectivity index (χ1n) is 9.51. The number of ether oxygens (including phenoxy) is 2. The van der Waals surface area contributed by atoms with Crippen LogP contribution in [-0.4, -0.2) is 61.1 Å². The van der Waals surface area contributed by atoms with E-state index in [9.17, 15) is 4.79 Å². The SMILES string of the molecule is COc1ccccc1O[C@H](C)C(=O)N1CCN(C2CCCCC2)CC1. The third-order valence-corrected chi connectivity index (χ3v) is 5.44. The Morgan fingerprint density at radius 3 is 2.32 bits per heavy atom. The molecule has 25 heavy (non-hydrogen) atoms. The summed E-state index contributed by atoms with van der Waals surface area (Å²) in [5.74, 6) is 1.34. The summed E-state index contributed by atoms with van der Waals surface area (Å²) in [7, 11) is 1.61. The molecule has 5 nitrogen and oxygen atoms in total. The first-order valence-corrected chi connectivity index (χ1v) is 9.51. The fourth-order valence-corrected chi connectivity index (χ4v) is 3.97. The van der Waals surface area contributed by atoms with Crippen molar-refractivity contribution >= 4 is 5.91 Å².